The van der Waals surface area contributed by atoms with Crippen LogP contribution in [0.5, 0.6) is 0 Å². The molecule has 0 saturated carbocycles. The monoisotopic (exact) mass is 417 g/mol. The smallest absolute Gasteiger partial charge is 0.326 e. The van der Waals surface area contributed by atoms with Crippen molar-refractivity contribution in [1.29, 1.82) is 0 Å². The van der Waals surface area contributed by atoms with Crippen LogP contribution in [0.4, 0.5) is 0 Å². The zero-order valence-corrected chi connectivity index (χ0v) is 17.8. The highest BCUT2D eigenvalue weighted by Gasteiger charge is 2.22. The lowest BCUT2D eigenvalue weighted by Gasteiger charge is -2.11. The summed E-state index contributed by atoms with van der Waals surface area (Å²) in [7, 11) is 0. The molecule has 0 unspecified atom stereocenters. The van der Waals surface area contributed by atoms with Gasteiger partial charge in [0, 0.05) is 6.42 Å². The van der Waals surface area contributed by atoms with Crippen LogP contribution in [-0.4, -0.2) is 34.1 Å². The van der Waals surface area contributed by atoms with Crippen molar-refractivity contribution < 1.29 is 24.6 Å². The number of allylic oxidation sites excluding steroid dienone is 10. The molecule has 0 aliphatic carbocycles. The molecular formula is C24H35NO5. The van der Waals surface area contributed by atoms with Crippen LogP contribution in [0.15, 0.2) is 60.8 Å². The summed E-state index contributed by atoms with van der Waals surface area (Å²) < 4.78 is 0. The van der Waals surface area contributed by atoms with E-state index in [4.69, 9.17) is 10.2 Å². The van der Waals surface area contributed by atoms with Gasteiger partial charge in [-0.25, -0.2) is 4.79 Å². The number of carbonyl (C=O) groups is 3. The van der Waals surface area contributed by atoms with Crippen molar-refractivity contribution in [2.24, 2.45) is 0 Å². The van der Waals surface area contributed by atoms with Gasteiger partial charge in [-0.05, 0) is 44.9 Å². The van der Waals surface area contributed by atoms with Crippen molar-refractivity contribution in [3.05, 3.63) is 60.8 Å². The van der Waals surface area contributed by atoms with Gasteiger partial charge in [0.25, 0.3) is 0 Å². The summed E-state index contributed by atoms with van der Waals surface area (Å²) in [6.07, 6.45) is 26.7. The molecule has 0 heterocycles. The highest BCUT2D eigenvalue weighted by molar-refractivity contribution is 5.86. The lowest BCUT2D eigenvalue weighted by Crippen LogP contribution is -2.42. The molecule has 0 radical (unpaired) electrons. The van der Waals surface area contributed by atoms with Crippen molar-refractivity contribution in [3.63, 3.8) is 0 Å². The predicted octanol–water partition coefficient (Wildman–Crippen LogP) is 4.95. The molecule has 166 valence electrons. The summed E-state index contributed by atoms with van der Waals surface area (Å²) in [5.41, 5.74) is 0. The second kappa shape index (κ2) is 19.4. The van der Waals surface area contributed by atoms with Gasteiger partial charge in [0.05, 0.1) is 6.42 Å². The van der Waals surface area contributed by atoms with Crippen molar-refractivity contribution in [3.8, 4) is 0 Å². The van der Waals surface area contributed by atoms with E-state index in [1.165, 1.54) is 0 Å². The van der Waals surface area contributed by atoms with Gasteiger partial charge in [-0.1, -0.05) is 67.7 Å². The molecule has 0 aliphatic rings. The van der Waals surface area contributed by atoms with Crippen molar-refractivity contribution in [2.45, 2.75) is 70.8 Å². The predicted molar refractivity (Wildman–Crippen MR) is 120 cm³/mol. The Morgan fingerprint density at radius 3 is 1.67 bits per heavy atom. The normalized spacial score (nSPS) is 13.2. The minimum Gasteiger partial charge on any atom is -0.481 e. The maximum Gasteiger partial charge on any atom is 0.326 e. The Bertz CT molecular complexity index is 644. The molecule has 0 aliphatic heterocycles. The fraction of sp³-hybridized carbons (Fsp3) is 0.458. The minimum absolute atomic E-state index is 0.164. The second-order valence-electron chi connectivity index (χ2n) is 6.66. The van der Waals surface area contributed by atoms with Crippen molar-refractivity contribution in [1.82, 2.24) is 5.32 Å². The molecule has 6 heteroatoms. The highest BCUT2D eigenvalue weighted by Crippen LogP contribution is 2.01. The van der Waals surface area contributed by atoms with Gasteiger partial charge in [0.1, 0.15) is 6.04 Å². The Morgan fingerprint density at radius 1 is 0.767 bits per heavy atom. The zero-order chi connectivity index (χ0) is 22.5. The van der Waals surface area contributed by atoms with Crippen LogP contribution in [-0.2, 0) is 14.4 Å². The summed E-state index contributed by atoms with van der Waals surface area (Å²) in [4.78, 5) is 33.2. The summed E-state index contributed by atoms with van der Waals surface area (Å²) in [6.45, 7) is 2.13. The third-order valence-electron chi connectivity index (χ3n) is 3.94. The number of hydrogen-bond acceptors (Lipinski definition) is 3. The maximum absolute atomic E-state index is 11.7. The molecule has 6 nitrogen and oxygen atoms in total. The molecule has 0 aromatic carbocycles. The molecule has 0 aromatic heterocycles. The summed E-state index contributed by atoms with van der Waals surface area (Å²) in [5, 5.41) is 19.8. The minimum atomic E-state index is -1.39. The van der Waals surface area contributed by atoms with Crippen LogP contribution in [0.2, 0.25) is 0 Å². The fourth-order valence-electron chi connectivity index (χ4n) is 2.39. The zero-order valence-electron chi connectivity index (χ0n) is 17.8. The molecule has 0 saturated heterocycles. The first kappa shape index (κ1) is 27.1. The average molecular weight is 418 g/mol. The first-order valence-electron chi connectivity index (χ1n) is 10.5. The third-order valence-corrected chi connectivity index (χ3v) is 3.94. The number of nitrogens with one attached hydrogen (secondary N) is 1. The van der Waals surface area contributed by atoms with Gasteiger partial charge < -0.3 is 15.5 Å². The average Bonchev–Trinajstić information content (AvgIpc) is 2.69. The molecule has 0 bridgehead atoms. The summed E-state index contributed by atoms with van der Waals surface area (Å²) in [5.74, 6) is -3.05. The molecule has 0 spiro atoms. The van der Waals surface area contributed by atoms with Crippen LogP contribution >= 0.6 is 0 Å². The molecule has 0 rings (SSSR count). The number of hydrogen-bond donors (Lipinski definition) is 3. The number of carboxylic acids is 2. The third kappa shape index (κ3) is 18.5. The van der Waals surface area contributed by atoms with Gasteiger partial charge in [-0.3, -0.25) is 9.59 Å². The number of carbonyl (C=O) groups excluding carboxylic acids is 1. The van der Waals surface area contributed by atoms with E-state index < -0.39 is 30.3 Å². The van der Waals surface area contributed by atoms with E-state index in [1.807, 2.05) is 12.2 Å². The van der Waals surface area contributed by atoms with E-state index in [0.29, 0.717) is 12.8 Å². The molecule has 3 N–H and O–H groups in total. The molecular weight excluding hydrogens is 382 g/mol. The van der Waals surface area contributed by atoms with E-state index in [9.17, 15) is 14.4 Å². The Labute approximate surface area is 179 Å². The lowest BCUT2D eigenvalue weighted by molar-refractivity contribution is -0.147. The van der Waals surface area contributed by atoms with Gasteiger partial charge in [-0.15, -0.1) is 0 Å². The standard InChI is InChI=1S/C24H35NO5/c1-2-3-4-5-6-7-8-9-10-11-12-13-14-15-16-17-18-19-22(26)25-21(24(29)30)20-23(27)28/h3-4,6-7,9-10,12-13,15-16,21H,2,5,8,11,14,17-20H2,1H3,(H,25,26)(H,27,28)(H,29,30)/b4-3-,7-6-,10-9-,13-12-,16-15-/t21-/m0/s1. The van der Waals surface area contributed by atoms with Gasteiger partial charge in [0.2, 0.25) is 5.91 Å². The molecule has 0 fully saturated rings. The Balaban J connectivity index is 3.78. The summed E-state index contributed by atoms with van der Waals surface area (Å²) in [6, 6.07) is -1.39. The number of amides is 1. The van der Waals surface area contributed by atoms with E-state index >= 15 is 0 Å². The molecule has 1 amide bonds. The van der Waals surface area contributed by atoms with E-state index in [0.717, 1.165) is 32.1 Å². The van der Waals surface area contributed by atoms with Gasteiger partial charge >= 0.3 is 11.9 Å². The first-order valence-corrected chi connectivity index (χ1v) is 10.5. The number of unbranched alkanes of at least 4 members (excludes halogenated alkanes) is 1. The van der Waals surface area contributed by atoms with Crippen LogP contribution in [0, 0.1) is 0 Å². The molecule has 0 aromatic rings. The van der Waals surface area contributed by atoms with E-state index in [1.54, 1.807) is 0 Å². The number of aliphatic carboxylic acids is 2. The SMILES string of the molecule is CC/C=C\C/C=C\C/C=C\C/C=C\C/C=C\CCCC(=O)N[C@@H](CC(=O)O)C(=O)O. The van der Waals surface area contributed by atoms with Crippen LogP contribution in [0.3, 0.4) is 0 Å². The van der Waals surface area contributed by atoms with Gasteiger partial charge in [0.15, 0.2) is 0 Å². The largest absolute Gasteiger partial charge is 0.481 e. The van der Waals surface area contributed by atoms with Crippen molar-refractivity contribution in [2.75, 3.05) is 0 Å². The first-order chi connectivity index (χ1) is 14.5. The fourth-order valence-corrected chi connectivity index (χ4v) is 2.39. The number of carboxylic acid groups (broad SMARTS) is 2. The van der Waals surface area contributed by atoms with Crippen LogP contribution in [0.1, 0.15) is 64.7 Å². The molecule has 1 atom stereocenters. The topological polar surface area (TPSA) is 104 Å². The Hall–Kier alpha value is -2.89. The highest BCUT2D eigenvalue weighted by atomic mass is 16.4. The van der Waals surface area contributed by atoms with Crippen molar-refractivity contribution >= 4 is 17.8 Å². The maximum atomic E-state index is 11.7. The van der Waals surface area contributed by atoms with E-state index in [2.05, 4.69) is 60.8 Å². The van der Waals surface area contributed by atoms with Gasteiger partial charge in [-0.2, -0.15) is 0 Å². The molecule has 30 heavy (non-hydrogen) atoms. The van der Waals surface area contributed by atoms with Crippen LogP contribution in [0.25, 0.3) is 0 Å². The summed E-state index contributed by atoms with van der Waals surface area (Å²) >= 11 is 0. The Morgan fingerprint density at radius 2 is 1.23 bits per heavy atom. The van der Waals surface area contributed by atoms with Crippen LogP contribution < -0.4 is 5.32 Å². The second-order valence-corrected chi connectivity index (χ2v) is 6.66. The lowest BCUT2D eigenvalue weighted by atomic mass is 10.1. The Kier molecular flexibility index (Phi) is 17.6. The van der Waals surface area contributed by atoms with E-state index in [-0.39, 0.29) is 6.42 Å². The number of rotatable bonds is 17. The quantitative estimate of drug-likeness (QED) is 0.229.